The van der Waals surface area contributed by atoms with Gasteiger partial charge in [-0.1, -0.05) is 18.2 Å². The molecule has 29 heavy (non-hydrogen) atoms. The van der Waals surface area contributed by atoms with Crippen LogP contribution in [0.15, 0.2) is 64.6 Å². The van der Waals surface area contributed by atoms with Crippen LogP contribution in [0.1, 0.15) is 27.2 Å². The molecule has 0 bridgehead atoms. The van der Waals surface area contributed by atoms with Crippen molar-refractivity contribution in [2.75, 3.05) is 5.32 Å². The minimum absolute atomic E-state index is 0.0923. The van der Waals surface area contributed by atoms with Gasteiger partial charge in [0.15, 0.2) is 0 Å². The second-order valence-electron chi connectivity index (χ2n) is 6.51. The first-order valence-electron chi connectivity index (χ1n) is 8.81. The average molecular weight is 386 g/mol. The predicted molar refractivity (Wildman–Crippen MR) is 109 cm³/mol. The Morgan fingerprint density at radius 2 is 1.76 bits per heavy atom. The lowest BCUT2D eigenvalue weighted by molar-refractivity contribution is -0.112. The van der Waals surface area contributed by atoms with Gasteiger partial charge in [-0.25, -0.2) is 4.79 Å². The van der Waals surface area contributed by atoms with Gasteiger partial charge in [-0.2, -0.15) is 5.26 Å². The highest BCUT2D eigenvalue weighted by Gasteiger charge is 2.12. The zero-order valence-corrected chi connectivity index (χ0v) is 15.9. The van der Waals surface area contributed by atoms with Crippen LogP contribution < -0.4 is 5.32 Å². The largest absolute Gasteiger partial charge is 0.478 e. The Morgan fingerprint density at radius 1 is 1.03 bits per heavy atom. The van der Waals surface area contributed by atoms with Crippen LogP contribution in [-0.2, 0) is 4.79 Å². The van der Waals surface area contributed by atoms with Gasteiger partial charge in [0.2, 0.25) is 0 Å². The molecule has 6 nitrogen and oxygen atoms in total. The Bertz CT molecular complexity index is 1150. The van der Waals surface area contributed by atoms with Crippen LogP contribution in [-0.4, -0.2) is 17.0 Å². The van der Waals surface area contributed by atoms with E-state index in [9.17, 15) is 14.9 Å². The summed E-state index contributed by atoms with van der Waals surface area (Å²) in [6.07, 6.45) is 1.37. The monoisotopic (exact) mass is 386 g/mol. The fourth-order valence-electron chi connectivity index (χ4n) is 2.67. The van der Waals surface area contributed by atoms with Crippen molar-refractivity contribution in [2.45, 2.75) is 13.8 Å². The molecule has 0 aliphatic carbocycles. The number of anilines is 1. The van der Waals surface area contributed by atoms with E-state index < -0.39 is 11.9 Å². The molecular weight excluding hydrogens is 368 g/mol. The number of rotatable bonds is 5. The summed E-state index contributed by atoms with van der Waals surface area (Å²) in [5.74, 6) is -0.693. The highest BCUT2D eigenvalue weighted by atomic mass is 16.4. The first-order valence-corrected chi connectivity index (χ1v) is 8.81. The van der Waals surface area contributed by atoms with E-state index in [1.807, 2.05) is 32.0 Å². The van der Waals surface area contributed by atoms with Crippen LogP contribution in [0, 0.1) is 25.2 Å². The average Bonchev–Trinajstić information content (AvgIpc) is 3.17. The summed E-state index contributed by atoms with van der Waals surface area (Å²) in [6, 6.07) is 17.0. The lowest BCUT2D eigenvalue weighted by Gasteiger charge is -2.06. The van der Waals surface area contributed by atoms with Gasteiger partial charge in [-0.05, 0) is 61.4 Å². The van der Waals surface area contributed by atoms with Crippen molar-refractivity contribution < 1.29 is 19.1 Å². The molecule has 0 saturated carbocycles. The number of furan rings is 1. The zero-order chi connectivity index (χ0) is 21.0. The van der Waals surface area contributed by atoms with Crippen LogP contribution in [0.3, 0.4) is 0 Å². The second kappa shape index (κ2) is 8.28. The Morgan fingerprint density at radius 3 is 2.38 bits per heavy atom. The van der Waals surface area contributed by atoms with Gasteiger partial charge in [-0.3, -0.25) is 4.79 Å². The maximum absolute atomic E-state index is 12.4. The standard InChI is InChI=1S/C23H18N2O4/c1-14-3-8-19(11-15(14)2)25-22(26)18(13-24)12-20-9-10-21(29-20)16-4-6-17(7-5-16)23(27)28/h3-12H,1-2H3,(H,25,26)(H,27,28). The maximum Gasteiger partial charge on any atom is 0.335 e. The number of aryl methyl sites for hydroxylation is 2. The summed E-state index contributed by atoms with van der Waals surface area (Å²) in [5.41, 5.74) is 3.53. The van der Waals surface area contributed by atoms with Crippen LogP contribution in [0.2, 0.25) is 0 Å². The summed E-state index contributed by atoms with van der Waals surface area (Å²) in [7, 11) is 0. The summed E-state index contributed by atoms with van der Waals surface area (Å²) < 4.78 is 5.68. The van der Waals surface area contributed by atoms with Crippen molar-refractivity contribution in [2.24, 2.45) is 0 Å². The van der Waals surface area contributed by atoms with Crippen molar-refractivity contribution in [1.29, 1.82) is 5.26 Å². The predicted octanol–water partition coefficient (Wildman–Crippen LogP) is 4.81. The van der Waals surface area contributed by atoms with E-state index in [-0.39, 0.29) is 11.1 Å². The van der Waals surface area contributed by atoms with E-state index in [1.54, 1.807) is 30.3 Å². The van der Waals surface area contributed by atoms with Gasteiger partial charge < -0.3 is 14.8 Å². The van der Waals surface area contributed by atoms with E-state index in [1.165, 1.54) is 18.2 Å². The maximum atomic E-state index is 12.4. The molecule has 2 N–H and O–H groups in total. The van der Waals surface area contributed by atoms with Gasteiger partial charge in [0.1, 0.15) is 23.2 Å². The lowest BCUT2D eigenvalue weighted by atomic mass is 10.1. The first-order chi connectivity index (χ1) is 13.9. The molecule has 0 saturated heterocycles. The molecule has 0 atom stereocenters. The lowest BCUT2D eigenvalue weighted by Crippen LogP contribution is -2.13. The number of hydrogen-bond acceptors (Lipinski definition) is 4. The molecule has 3 rings (SSSR count). The molecular formula is C23H18N2O4. The van der Waals surface area contributed by atoms with Crippen LogP contribution in [0.4, 0.5) is 5.69 Å². The number of benzene rings is 2. The van der Waals surface area contributed by atoms with Crippen molar-refractivity contribution in [3.8, 4) is 17.4 Å². The number of amides is 1. The molecule has 0 aliphatic heterocycles. The Balaban J connectivity index is 1.78. The van der Waals surface area contributed by atoms with Gasteiger partial charge in [0.05, 0.1) is 5.56 Å². The minimum atomic E-state index is -1.01. The number of nitrogens with one attached hydrogen (secondary N) is 1. The smallest absolute Gasteiger partial charge is 0.335 e. The van der Waals surface area contributed by atoms with Gasteiger partial charge in [-0.15, -0.1) is 0 Å². The van der Waals surface area contributed by atoms with Gasteiger partial charge in [0.25, 0.3) is 5.91 Å². The summed E-state index contributed by atoms with van der Waals surface area (Å²) >= 11 is 0. The van der Waals surface area contributed by atoms with E-state index in [4.69, 9.17) is 9.52 Å². The SMILES string of the molecule is Cc1ccc(NC(=O)C(C#N)=Cc2ccc(-c3ccc(C(=O)O)cc3)o2)cc1C. The number of carboxylic acids is 1. The number of carbonyl (C=O) groups is 2. The minimum Gasteiger partial charge on any atom is -0.478 e. The number of carboxylic acid groups (broad SMARTS) is 1. The van der Waals surface area contributed by atoms with Crippen molar-refractivity contribution >= 4 is 23.6 Å². The Labute approximate surface area is 167 Å². The Hall–Kier alpha value is -4.11. The molecule has 0 spiro atoms. The fourth-order valence-corrected chi connectivity index (χ4v) is 2.67. The molecule has 144 valence electrons. The number of aromatic carboxylic acids is 1. The third-order valence-corrected chi connectivity index (χ3v) is 4.46. The molecule has 0 radical (unpaired) electrons. The number of hydrogen-bond donors (Lipinski definition) is 2. The normalized spacial score (nSPS) is 11.0. The third-order valence-electron chi connectivity index (χ3n) is 4.46. The second-order valence-corrected chi connectivity index (χ2v) is 6.51. The zero-order valence-electron chi connectivity index (χ0n) is 15.9. The number of carbonyl (C=O) groups excluding carboxylic acids is 1. The molecule has 0 unspecified atom stereocenters. The van der Waals surface area contributed by atoms with Crippen LogP contribution in [0.5, 0.6) is 0 Å². The van der Waals surface area contributed by atoms with E-state index in [0.29, 0.717) is 22.8 Å². The highest BCUT2D eigenvalue weighted by Crippen LogP contribution is 2.24. The van der Waals surface area contributed by atoms with Crippen LogP contribution >= 0.6 is 0 Å². The van der Waals surface area contributed by atoms with Gasteiger partial charge >= 0.3 is 5.97 Å². The van der Waals surface area contributed by atoms with Crippen LogP contribution in [0.25, 0.3) is 17.4 Å². The number of nitriles is 1. The molecule has 3 aromatic rings. The first kappa shape index (κ1) is 19.6. The van der Waals surface area contributed by atoms with Crippen molar-refractivity contribution in [1.82, 2.24) is 0 Å². The molecule has 0 aliphatic rings. The molecule has 1 aromatic heterocycles. The van der Waals surface area contributed by atoms with E-state index in [0.717, 1.165) is 11.1 Å². The fraction of sp³-hybridized carbons (Fsp3) is 0.0870. The summed E-state index contributed by atoms with van der Waals surface area (Å²) in [5, 5.41) is 21.0. The van der Waals surface area contributed by atoms with Crippen molar-refractivity contribution in [3.63, 3.8) is 0 Å². The summed E-state index contributed by atoms with van der Waals surface area (Å²) in [6.45, 7) is 3.92. The molecule has 1 heterocycles. The summed E-state index contributed by atoms with van der Waals surface area (Å²) in [4.78, 5) is 23.4. The quantitative estimate of drug-likeness (QED) is 0.484. The van der Waals surface area contributed by atoms with Gasteiger partial charge in [0, 0.05) is 17.3 Å². The highest BCUT2D eigenvalue weighted by molar-refractivity contribution is 6.09. The topological polar surface area (TPSA) is 103 Å². The number of nitrogens with zero attached hydrogens (tertiary/aromatic N) is 1. The van der Waals surface area contributed by atoms with E-state index >= 15 is 0 Å². The molecule has 0 fully saturated rings. The molecule has 1 amide bonds. The molecule has 6 heteroatoms. The Kier molecular flexibility index (Phi) is 5.61. The third kappa shape index (κ3) is 4.60. The molecule has 2 aromatic carbocycles. The van der Waals surface area contributed by atoms with Crippen molar-refractivity contribution in [3.05, 3.63) is 82.6 Å². The van der Waals surface area contributed by atoms with E-state index in [2.05, 4.69) is 5.32 Å².